The van der Waals surface area contributed by atoms with Gasteiger partial charge < -0.3 is 5.32 Å². The van der Waals surface area contributed by atoms with E-state index >= 15 is 0 Å². The first-order valence-corrected chi connectivity index (χ1v) is 9.72. The molecule has 4 unspecified atom stereocenters. The number of carbonyl (C=O) groups is 1. The van der Waals surface area contributed by atoms with Gasteiger partial charge in [0.1, 0.15) is 4.21 Å². The lowest BCUT2D eigenvalue weighted by atomic mass is 10.0. The van der Waals surface area contributed by atoms with Crippen molar-refractivity contribution in [1.29, 1.82) is 0 Å². The van der Waals surface area contributed by atoms with Gasteiger partial charge in [0.05, 0.1) is 5.56 Å². The average Bonchev–Trinajstić information content (AvgIpc) is 2.81. The highest BCUT2D eigenvalue weighted by Gasteiger charge is 2.65. The summed E-state index contributed by atoms with van der Waals surface area (Å²) < 4.78 is 23.0. The van der Waals surface area contributed by atoms with Crippen LogP contribution in [0.15, 0.2) is 9.59 Å². The minimum absolute atomic E-state index is 0.0868. The lowest BCUT2D eigenvalue weighted by molar-refractivity contribution is 0.0944. The second-order valence-corrected chi connectivity index (χ2v) is 9.23. The van der Waals surface area contributed by atoms with E-state index in [0.29, 0.717) is 29.0 Å². The Labute approximate surface area is 128 Å². The molecule has 5 nitrogen and oxygen atoms in total. The highest BCUT2D eigenvalue weighted by molar-refractivity contribution is 7.91. The number of hydrogen-bond acceptors (Lipinski definition) is 4. The number of fused-ring (bicyclic) bond motifs is 5. The maximum absolute atomic E-state index is 12.4. The van der Waals surface area contributed by atoms with Crippen molar-refractivity contribution in [2.75, 3.05) is 0 Å². The van der Waals surface area contributed by atoms with Gasteiger partial charge in [0.15, 0.2) is 0 Å². The molecule has 3 fully saturated rings. The first-order chi connectivity index (χ1) is 9.88. The zero-order valence-corrected chi connectivity index (χ0v) is 13.3. The van der Waals surface area contributed by atoms with Crippen molar-refractivity contribution in [2.24, 2.45) is 28.8 Å². The lowest BCUT2D eigenvalue weighted by Crippen LogP contribution is -2.30. The molecule has 21 heavy (non-hydrogen) atoms. The first-order valence-electron chi connectivity index (χ1n) is 7.29. The number of amides is 1. The topological polar surface area (TPSA) is 89.3 Å². The fourth-order valence-electron chi connectivity index (χ4n) is 4.65. The summed E-state index contributed by atoms with van der Waals surface area (Å²) in [5, 5.41) is 9.86. The van der Waals surface area contributed by atoms with Crippen LogP contribution in [0.3, 0.4) is 0 Å². The molecule has 3 aliphatic rings. The number of thiophene rings is 1. The number of rotatable bonds is 3. The molecule has 0 aromatic carbocycles. The van der Waals surface area contributed by atoms with Gasteiger partial charge in [0, 0.05) is 11.4 Å². The van der Waals surface area contributed by atoms with E-state index in [1.807, 2.05) is 0 Å². The second-order valence-electron chi connectivity index (χ2n) is 6.59. The number of hydrogen-bond donors (Lipinski definition) is 2. The molecule has 1 aromatic heterocycles. The molecule has 2 bridgehead atoms. The second kappa shape index (κ2) is 4.30. The molecule has 1 heterocycles. The maximum atomic E-state index is 12.4. The number of primary sulfonamides is 1. The normalized spacial score (nSPS) is 36.6. The van der Waals surface area contributed by atoms with Crippen LogP contribution in [0.1, 0.15) is 35.2 Å². The van der Waals surface area contributed by atoms with Crippen LogP contribution in [0.25, 0.3) is 0 Å². The van der Waals surface area contributed by atoms with Crippen LogP contribution in [0, 0.1) is 30.6 Å². The summed E-state index contributed by atoms with van der Waals surface area (Å²) >= 11 is 1.02. The Bertz CT molecular complexity index is 709. The molecule has 4 atom stereocenters. The van der Waals surface area contributed by atoms with Crippen LogP contribution in [-0.2, 0) is 10.0 Å². The smallest absolute Gasteiger partial charge is 0.252 e. The molecule has 0 aliphatic heterocycles. The van der Waals surface area contributed by atoms with Gasteiger partial charge in [-0.1, -0.05) is 0 Å². The Morgan fingerprint density at radius 2 is 1.95 bits per heavy atom. The van der Waals surface area contributed by atoms with E-state index in [4.69, 9.17) is 5.14 Å². The number of nitrogens with one attached hydrogen (secondary N) is 1. The molecule has 114 valence electrons. The van der Waals surface area contributed by atoms with Crippen LogP contribution in [-0.4, -0.2) is 20.4 Å². The van der Waals surface area contributed by atoms with Crippen LogP contribution >= 0.6 is 11.3 Å². The Balaban J connectivity index is 1.51. The van der Waals surface area contributed by atoms with Gasteiger partial charge in [-0.2, -0.15) is 0 Å². The van der Waals surface area contributed by atoms with Crippen molar-refractivity contribution in [3.8, 4) is 0 Å². The third-order valence-corrected chi connectivity index (χ3v) is 8.21. The van der Waals surface area contributed by atoms with Gasteiger partial charge in [-0.3, -0.25) is 4.79 Å². The Morgan fingerprint density at radius 3 is 2.48 bits per heavy atom. The van der Waals surface area contributed by atoms with Crippen molar-refractivity contribution in [2.45, 2.75) is 36.4 Å². The standard InChI is InChI=1S/C14H18N2O3S2/c1-6-9(5-20-14(6)21(15,18)19)13(17)16-12-10-7-2-3-8(4-7)11(10)12/h5,7-8,10-12H,2-4H2,1H3,(H,16,17)(H2,15,18,19). The van der Waals surface area contributed by atoms with Crippen molar-refractivity contribution in [3.05, 3.63) is 16.5 Å². The molecule has 3 N–H and O–H groups in total. The fraction of sp³-hybridized carbons (Fsp3) is 0.643. The van der Waals surface area contributed by atoms with Crippen LogP contribution in [0.5, 0.6) is 0 Å². The third kappa shape index (κ3) is 1.98. The molecule has 1 amide bonds. The van der Waals surface area contributed by atoms with Crippen LogP contribution < -0.4 is 10.5 Å². The Hall–Kier alpha value is -0.920. The summed E-state index contributed by atoms with van der Waals surface area (Å²) in [6, 6.07) is 0.306. The van der Waals surface area contributed by atoms with E-state index in [2.05, 4.69) is 5.32 Å². The van der Waals surface area contributed by atoms with Gasteiger partial charge in [-0.25, -0.2) is 13.6 Å². The van der Waals surface area contributed by atoms with E-state index in [1.165, 1.54) is 19.3 Å². The molecule has 1 aromatic rings. The number of nitrogens with two attached hydrogens (primary N) is 1. The minimum Gasteiger partial charge on any atom is -0.349 e. The average molecular weight is 326 g/mol. The molecule has 0 saturated heterocycles. The van der Waals surface area contributed by atoms with E-state index in [1.54, 1.807) is 12.3 Å². The number of carbonyl (C=O) groups excluding carboxylic acids is 1. The van der Waals surface area contributed by atoms with Gasteiger partial charge in [-0.05, 0) is 55.4 Å². The zero-order valence-electron chi connectivity index (χ0n) is 11.7. The molecule has 7 heteroatoms. The zero-order chi connectivity index (χ0) is 14.9. The van der Waals surface area contributed by atoms with Crippen molar-refractivity contribution in [3.63, 3.8) is 0 Å². The summed E-state index contributed by atoms with van der Waals surface area (Å²) in [5.74, 6) is 2.79. The molecule has 0 spiro atoms. The minimum atomic E-state index is -3.74. The van der Waals surface area contributed by atoms with E-state index < -0.39 is 10.0 Å². The highest BCUT2D eigenvalue weighted by Crippen LogP contribution is 2.65. The summed E-state index contributed by atoms with van der Waals surface area (Å²) in [6.45, 7) is 1.64. The molecule has 0 radical (unpaired) electrons. The predicted octanol–water partition coefficient (Wildman–Crippen LogP) is 1.48. The third-order valence-electron chi connectivity index (χ3n) is 5.53. The lowest BCUT2D eigenvalue weighted by Gasteiger charge is -2.10. The van der Waals surface area contributed by atoms with Crippen LogP contribution in [0.4, 0.5) is 0 Å². The first kappa shape index (κ1) is 13.7. The summed E-state index contributed by atoms with van der Waals surface area (Å²) in [6.07, 6.45) is 3.96. The fourth-order valence-corrected chi connectivity index (χ4v) is 6.66. The molecular weight excluding hydrogens is 308 g/mol. The van der Waals surface area contributed by atoms with Gasteiger partial charge in [-0.15, -0.1) is 11.3 Å². The molecular formula is C14H18N2O3S2. The van der Waals surface area contributed by atoms with Crippen molar-refractivity contribution in [1.82, 2.24) is 5.32 Å². The van der Waals surface area contributed by atoms with E-state index in [9.17, 15) is 13.2 Å². The van der Waals surface area contributed by atoms with Gasteiger partial charge >= 0.3 is 0 Å². The van der Waals surface area contributed by atoms with E-state index in [-0.39, 0.29) is 10.1 Å². The Kier molecular flexibility index (Phi) is 2.81. The van der Waals surface area contributed by atoms with Gasteiger partial charge in [0.2, 0.25) is 10.0 Å². The largest absolute Gasteiger partial charge is 0.349 e. The Morgan fingerprint density at radius 1 is 1.33 bits per heavy atom. The van der Waals surface area contributed by atoms with Crippen molar-refractivity contribution >= 4 is 27.3 Å². The van der Waals surface area contributed by atoms with Gasteiger partial charge in [0.25, 0.3) is 5.91 Å². The summed E-state index contributed by atoms with van der Waals surface area (Å²) in [4.78, 5) is 12.4. The quantitative estimate of drug-likeness (QED) is 0.881. The van der Waals surface area contributed by atoms with E-state index in [0.717, 1.165) is 23.2 Å². The predicted molar refractivity (Wildman–Crippen MR) is 79.5 cm³/mol. The summed E-state index contributed by atoms with van der Waals surface area (Å²) in [5.41, 5.74) is 0.912. The maximum Gasteiger partial charge on any atom is 0.252 e. The molecule has 3 aliphatic carbocycles. The number of sulfonamides is 1. The molecule has 3 saturated carbocycles. The molecule has 4 rings (SSSR count). The summed E-state index contributed by atoms with van der Waals surface area (Å²) in [7, 11) is -3.74. The van der Waals surface area contributed by atoms with Crippen LogP contribution in [0.2, 0.25) is 0 Å². The highest BCUT2D eigenvalue weighted by atomic mass is 32.2. The van der Waals surface area contributed by atoms with Crippen molar-refractivity contribution < 1.29 is 13.2 Å². The SMILES string of the molecule is Cc1c(C(=O)NC2C3C4CCC(C4)C23)csc1S(N)(=O)=O. The monoisotopic (exact) mass is 326 g/mol.